The number of sulfonamides is 1. The zero-order valence-corrected chi connectivity index (χ0v) is 14.8. The van der Waals surface area contributed by atoms with E-state index in [1.807, 2.05) is 0 Å². The van der Waals surface area contributed by atoms with Crippen LogP contribution < -0.4 is 5.32 Å². The van der Waals surface area contributed by atoms with Crippen molar-refractivity contribution < 1.29 is 12.8 Å². The van der Waals surface area contributed by atoms with Crippen LogP contribution in [0, 0.1) is 5.92 Å². The number of rotatable bonds is 5. The summed E-state index contributed by atoms with van der Waals surface area (Å²) in [7, 11) is -3.03. The van der Waals surface area contributed by atoms with Crippen molar-refractivity contribution in [3.8, 4) is 0 Å². The molecule has 0 spiro atoms. The molecule has 2 aliphatic rings. The highest BCUT2D eigenvalue weighted by molar-refractivity contribution is 7.88. The van der Waals surface area contributed by atoms with Gasteiger partial charge in [0.15, 0.2) is 0 Å². The molecule has 2 atom stereocenters. The Hall–Kier alpha value is -0.560. The summed E-state index contributed by atoms with van der Waals surface area (Å²) in [6, 6.07) is 4.52. The molecule has 1 aliphatic carbocycles. The maximum absolute atomic E-state index is 11.5. The van der Waals surface area contributed by atoms with E-state index in [1.165, 1.54) is 12.7 Å². The topological polar surface area (TPSA) is 62.6 Å². The fourth-order valence-corrected chi connectivity index (χ4v) is 3.92. The second-order valence-electron chi connectivity index (χ2n) is 6.44. The smallest absolute Gasteiger partial charge is 0.211 e. The Kier molecular flexibility index (Phi) is 5.59. The van der Waals surface area contributed by atoms with Gasteiger partial charge in [0, 0.05) is 25.0 Å². The van der Waals surface area contributed by atoms with Gasteiger partial charge in [-0.1, -0.05) is 6.92 Å². The van der Waals surface area contributed by atoms with Crippen molar-refractivity contribution in [2.24, 2.45) is 5.92 Å². The predicted molar refractivity (Wildman–Crippen MR) is 88.8 cm³/mol. The summed E-state index contributed by atoms with van der Waals surface area (Å²) in [6.07, 6.45) is 4.24. The molecule has 7 heteroatoms. The van der Waals surface area contributed by atoms with E-state index >= 15 is 0 Å². The monoisotopic (exact) mass is 348 g/mol. The van der Waals surface area contributed by atoms with Gasteiger partial charge in [-0.3, -0.25) is 0 Å². The van der Waals surface area contributed by atoms with Gasteiger partial charge in [-0.25, -0.2) is 12.7 Å². The second-order valence-corrected chi connectivity index (χ2v) is 8.42. The van der Waals surface area contributed by atoms with Crippen LogP contribution in [0.4, 0.5) is 0 Å². The molecule has 2 fully saturated rings. The third-order valence-corrected chi connectivity index (χ3v) is 5.95. The van der Waals surface area contributed by atoms with Crippen LogP contribution in [0.1, 0.15) is 43.6 Å². The van der Waals surface area contributed by atoms with Gasteiger partial charge < -0.3 is 9.73 Å². The number of furan rings is 1. The summed E-state index contributed by atoms with van der Waals surface area (Å²) >= 11 is 0. The standard InChI is InChI=1S/C15H24N2O3S.ClH/c1-11-9-14(11)15-4-3-13(20-15)10-16-12-5-7-17(8-6-12)21(2,18)19;/h3-4,11-12,14,16H,5-10H2,1-2H3;1H. The minimum Gasteiger partial charge on any atom is -0.464 e. The molecule has 1 aromatic heterocycles. The lowest BCUT2D eigenvalue weighted by molar-refractivity contribution is 0.284. The van der Waals surface area contributed by atoms with E-state index in [2.05, 4.69) is 24.4 Å². The first kappa shape index (κ1) is 17.8. The van der Waals surface area contributed by atoms with E-state index in [9.17, 15) is 8.42 Å². The van der Waals surface area contributed by atoms with Gasteiger partial charge in [0.1, 0.15) is 11.5 Å². The lowest BCUT2D eigenvalue weighted by Crippen LogP contribution is -2.44. The van der Waals surface area contributed by atoms with E-state index in [0.717, 1.165) is 36.8 Å². The molecule has 126 valence electrons. The third-order valence-electron chi connectivity index (χ3n) is 4.65. The predicted octanol–water partition coefficient (Wildman–Crippen LogP) is 2.34. The lowest BCUT2D eigenvalue weighted by atomic mass is 10.1. The van der Waals surface area contributed by atoms with Crippen molar-refractivity contribution >= 4 is 22.4 Å². The quantitative estimate of drug-likeness (QED) is 0.887. The van der Waals surface area contributed by atoms with Crippen molar-refractivity contribution in [1.82, 2.24) is 9.62 Å². The molecule has 0 aromatic carbocycles. The number of hydrogen-bond acceptors (Lipinski definition) is 4. The Labute approximate surface area is 138 Å². The minimum absolute atomic E-state index is 0. The van der Waals surface area contributed by atoms with Gasteiger partial charge in [-0.2, -0.15) is 0 Å². The van der Waals surface area contributed by atoms with Gasteiger partial charge in [-0.05, 0) is 37.3 Å². The molecule has 1 aromatic rings. The molecular weight excluding hydrogens is 324 g/mol. The average Bonchev–Trinajstić information content (AvgIpc) is 2.99. The fourth-order valence-electron chi connectivity index (χ4n) is 3.04. The van der Waals surface area contributed by atoms with Crippen LogP contribution in [0.2, 0.25) is 0 Å². The van der Waals surface area contributed by atoms with Crippen LogP contribution in [0.5, 0.6) is 0 Å². The Morgan fingerprint density at radius 3 is 2.50 bits per heavy atom. The molecule has 1 saturated carbocycles. The van der Waals surface area contributed by atoms with Crippen molar-refractivity contribution in [2.75, 3.05) is 19.3 Å². The maximum Gasteiger partial charge on any atom is 0.211 e. The van der Waals surface area contributed by atoms with Gasteiger partial charge >= 0.3 is 0 Å². The maximum atomic E-state index is 11.5. The summed E-state index contributed by atoms with van der Waals surface area (Å²) < 4.78 is 30.4. The highest BCUT2D eigenvalue weighted by atomic mass is 35.5. The van der Waals surface area contributed by atoms with E-state index in [0.29, 0.717) is 25.0 Å². The van der Waals surface area contributed by atoms with E-state index in [-0.39, 0.29) is 12.4 Å². The van der Waals surface area contributed by atoms with Crippen molar-refractivity contribution in [2.45, 2.75) is 44.7 Å². The molecule has 5 nitrogen and oxygen atoms in total. The van der Waals surface area contributed by atoms with E-state index in [1.54, 1.807) is 4.31 Å². The molecular formula is C15H25ClN2O3S. The number of piperidine rings is 1. The van der Waals surface area contributed by atoms with E-state index in [4.69, 9.17) is 4.42 Å². The molecule has 22 heavy (non-hydrogen) atoms. The second kappa shape index (κ2) is 6.91. The van der Waals surface area contributed by atoms with Crippen molar-refractivity contribution in [1.29, 1.82) is 0 Å². The molecule has 0 bridgehead atoms. The van der Waals surface area contributed by atoms with Gasteiger partial charge in [0.05, 0.1) is 12.8 Å². The molecule has 1 aliphatic heterocycles. The van der Waals surface area contributed by atoms with Crippen LogP contribution in [-0.2, 0) is 16.6 Å². The highest BCUT2D eigenvalue weighted by Gasteiger charge is 2.36. The highest BCUT2D eigenvalue weighted by Crippen LogP contribution is 2.47. The molecule has 1 saturated heterocycles. The summed E-state index contributed by atoms with van der Waals surface area (Å²) in [5, 5.41) is 3.48. The molecule has 0 amide bonds. The van der Waals surface area contributed by atoms with Crippen molar-refractivity contribution in [3.63, 3.8) is 0 Å². The zero-order chi connectivity index (χ0) is 15.0. The number of hydrogen-bond donors (Lipinski definition) is 1. The third kappa shape index (κ3) is 4.25. The first-order valence-electron chi connectivity index (χ1n) is 7.70. The van der Waals surface area contributed by atoms with Crippen LogP contribution >= 0.6 is 12.4 Å². The number of halogens is 1. The molecule has 2 heterocycles. The Balaban J connectivity index is 0.00000176. The van der Waals surface area contributed by atoms with Gasteiger partial charge in [0.25, 0.3) is 0 Å². The summed E-state index contributed by atoms with van der Waals surface area (Å²) in [6.45, 7) is 4.20. The number of nitrogens with zero attached hydrogens (tertiary/aromatic N) is 1. The lowest BCUT2D eigenvalue weighted by Gasteiger charge is -2.30. The first-order chi connectivity index (χ1) is 9.93. The summed E-state index contributed by atoms with van der Waals surface area (Å²) in [5.74, 6) is 3.48. The normalized spacial score (nSPS) is 26.6. The fraction of sp³-hybridized carbons (Fsp3) is 0.733. The zero-order valence-electron chi connectivity index (χ0n) is 13.1. The SMILES string of the molecule is CC1CC1c1ccc(CNC2CCN(S(C)(=O)=O)CC2)o1.Cl. The van der Waals surface area contributed by atoms with Crippen LogP contribution in [0.15, 0.2) is 16.5 Å². The molecule has 2 unspecified atom stereocenters. The minimum atomic E-state index is -3.03. The van der Waals surface area contributed by atoms with Crippen LogP contribution in [0.25, 0.3) is 0 Å². The largest absolute Gasteiger partial charge is 0.464 e. The Morgan fingerprint density at radius 1 is 1.32 bits per heavy atom. The van der Waals surface area contributed by atoms with Crippen LogP contribution in [0.3, 0.4) is 0 Å². The molecule has 0 radical (unpaired) electrons. The van der Waals surface area contributed by atoms with Gasteiger partial charge in [-0.15, -0.1) is 12.4 Å². The van der Waals surface area contributed by atoms with E-state index < -0.39 is 10.0 Å². The van der Waals surface area contributed by atoms with Crippen LogP contribution in [-0.4, -0.2) is 38.1 Å². The summed E-state index contributed by atoms with van der Waals surface area (Å²) in [4.78, 5) is 0. The molecule has 3 rings (SSSR count). The summed E-state index contributed by atoms with van der Waals surface area (Å²) in [5.41, 5.74) is 0. The van der Waals surface area contributed by atoms with Crippen molar-refractivity contribution in [3.05, 3.63) is 23.7 Å². The number of nitrogens with one attached hydrogen (secondary N) is 1. The first-order valence-corrected chi connectivity index (χ1v) is 9.55. The Morgan fingerprint density at radius 2 is 1.95 bits per heavy atom. The van der Waals surface area contributed by atoms with Gasteiger partial charge in [0.2, 0.25) is 10.0 Å². The average molecular weight is 349 g/mol. The Bertz CT molecular complexity index is 594. The molecule has 1 N–H and O–H groups in total.